The summed E-state index contributed by atoms with van der Waals surface area (Å²) in [7, 11) is 0.0445. The van der Waals surface area contributed by atoms with E-state index in [0.29, 0.717) is 10.7 Å². The summed E-state index contributed by atoms with van der Waals surface area (Å²) in [6.45, 7) is 0. The zero-order chi connectivity index (χ0) is 15.6. The number of nitrogens with two attached hydrogens (primary N) is 1. The zero-order valence-corrected chi connectivity index (χ0v) is 13.2. The third-order valence-corrected chi connectivity index (χ3v) is 4.57. The largest absolute Gasteiger partial charge is 0.398 e. The van der Waals surface area contributed by atoms with Crippen molar-refractivity contribution in [3.8, 4) is 0 Å². The lowest BCUT2D eigenvalue weighted by Crippen LogP contribution is -2.15. The van der Waals surface area contributed by atoms with Crippen molar-refractivity contribution in [2.24, 2.45) is 0 Å². The fraction of sp³-hybridized carbons (Fsp3) is 0.143. The van der Waals surface area contributed by atoms with Crippen LogP contribution < -0.4 is 15.4 Å². The smallest absolute Gasteiger partial charge is 0.263 e. The lowest BCUT2D eigenvalue weighted by atomic mass is 10.3. The first-order valence-electron chi connectivity index (χ1n) is 6.15. The summed E-state index contributed by atoms with van der Waals surface area (Å²) < 4.78 is 27.2. The Morgan fingerprint density at radius 2 is 1.71 bits per heavy atom. The molecular formula is C14H16ClN3O2S. The van der Waals surface area contributed by atoms with E-state index in [1.54, 1.807) is 18.2 Å². The fourth-order valence-electron chi connectivity index (χ4n) is 1.78. The first kappa shape index (κ1) is 15.5. The normalized spacial score (nSPS) is 11.2. The van der Waals surface area contributed by atoms with Gasteiger partial charge in [-0.1, -0.05) is 11.6 Å². The van der Waals surface area contributed by atoms with E-state index < -0.39 is 10.0 Å². The Bertz CT molecular complexity index is 743. The van der Waals surface area contributed by atoms with Crippen LogP contribution in [0.15, 0.2) is 47.4 Å². The summed E-state index contributed by atoms with van der Waals surface area (Å²) in [6, 6.07) is 11.3. The zero-order valence-electron chi connectivity index (χ0n) is 11.7. The molecule has 0 bridgehead atoms. The highest BCUT2D eigenvalue weighted by molar-refractivity contribution is 7.92. The molecule has 0 atom stereocenters. The van der Waals surface area contributed by atoms with Crippen molar-refractivity contribution >= 4 is 38.7 Å². The number of hydrogen-bond acceptors (Lipinski definition) is 4. The average Bonchev–Trinajstić information content (AvgIpc) is 2.41. The first-order valence-corrected chi connectivity index (χ1v) is 8.01. The molecule has 5 nitrogen and oxygen atoms in total. The SMILES string of the molecule is CN(C)c1ccc(NS(=O)(=O)c2cc(Cl)ccc2N)cc1. The van der Waals surface area contributed by atoms with Gasteiger partial charge in [0.2, 0.25) is 0 Å². The van der Waals surface area contributed by atoms with E-state index >= 15 is 0 Å². The summed E-state index contributed by atoms with van der Waals surface area (Å²) in [6.07, 6.45) is 0. The van der Waals surface area contributed by atoms with Gasteiger partial charge in [0.05, 0.1) is 5.69 Å². The van der Waals surface area contributed by atoms with Gasteiger partial charge in [-0.3, -0.25) is 4.72 Å². The maximum absolute atomic E-state index is 12.3. The van der Waals surface area contributed by atoms with Gasteiger partial charge in [-0.15, -0.1) is 0 Å². The van der Waals surface area contributed by atoms with Gasteiger partial charge in [0.1, 0.15) is 4.90 Å². The highest BCUT2D eigenvalue weighted by atomic mass is 35.5. The molecule has 0 heterocycles. The summed E-state index contributed by atoms with van der Waals surface area (Å²) in [5.41, 5.74) is 7.29. The minimum absolute atomic E-state index is 0.0355. The van der Waals surface area contributed by atoms with Gasteiger partial charge < -0.3 is 10.6 Å². The predicted octanol–water partition coefficient (Wildman–Crippen LogP) is 2.79. The molecule has 0 radical (unpaired) electrons. The average molecular weight is 326 g/mol. The van der Waals surface area contributed by atoms with Gasteiger partial charge in [-0.2, -0.15) is 0 Å². The summed E-state index contributed by atoms with van der Waals surface area (Å²) in [5.74, 6) is 0. The number of rotatable bonds is 4. The monoisotopic (exact) mass is 325 g/mol. The van der Waals surface area contributed by atoms with E-state index in [1.165, 1.54) is 12.1 Å². The summed E-state index contributed by atoms with van der Waals surface area (Å²) in [4.78, 5) is 1.89. The second kappa shape index (κ2) is 5.83. The molecule has 0 saturated heterocycles. The lowest BCUT2D eigenvalue weighted by Gasteiger charge is -2.14. The van der Waals surface area contributed by atoms with Crippen molar-refractivity contribution < 1.29 is 8.42 Å². The fourth-order valence-corrected chi connectivity index (χ4v) is 3.23. The van der Waals surface area contributed by atoms with Crippen molar-refractivity contribution in [2.45, 2.75) is 4.90 Å². The van der Waals surface area contributed by atoms with Gasteiger partial charge in [0.25, 0.3) is 10.0 Å². The van der Waals surface area contributed by atoms with Crippen LogP contribution in [-0.4, -0.2) is 22.5 Å². The lowest BCUT2D eigenvalue weighted by molar-refractivity contribution is 0.601. The summed E-state index contributed by atoms with van der Waals surface area (Å²) >= 11 is 5.83. The highest BCUT2D eigenvalue weighted by Gasteiger charge is 2.18. The molecule has 0 amide bonds. The number of hydrogen-bond donors (Lipinski definition) is 2. The maximum Gasteiger partial charge on any atom is 0.263 e. The van der Waals surface area contributed by atoms with Crippen LogP contribution in [0.1, 0.15) is 0 Å². The predicted molar refractivity (Wildman–Crippen MR) is 87.4 cm³/mol. The number of nitrogens with zero attached hydrogens (tertiary/aromatic N) is 1. The van der Waals surface area contributed by atoms with Crippen LogP contribution in [0.3, 0.4) is 0 Å². The first-order chi connectivity index (χ1) is 9.79. The Morgan fingerprint density at radius 1 is 1.10 bits per heavy atom. The number of nitrogens with one attached hydrogen (secondary N) is 1. The molecule has 3 N–H and O–H groups in total. The quantitative estimate of drug-likeness (QED) is 0.848. The van der Waals surface area contributed by atoms with Crippen LogP contribution >= 0.6 is 11.6 Å². The molecule has 0 fully saturated rings. The van der Waals surface area contributed by atoms with Crippen LogP contribution in [-0.2, 0) is 10.0 Å². The molecule has 112 valence electrons. The standard InChI is InChI=1S/C14H16ClN3O2S/c1-18(2)12-6-4-11(5-7-12)17-21(19,20)14-9-10(15)3-8-13(14)16/h3-9,17H,16H2,1-2H3. The molecule has 0 aliphatic rings. The molecule has 2 aromatic carbocycles. The van der Waals surface area contributed by atoms with E-state index in [4.69, 9.17) is 17.3 Å². The Morgan fingerprint density at radius 3 is 2.29 bits per heavy atom. The number of halogens is 1. The number of anilines is 3. The van der Waals surface area contributed by atoms with Crippen LogP contribution in [0.25, 0.3) is 0 Å². The maximum atomic E-state index is 12.3. The molecule has 0 aliphatic heterocycles. The number of nitrogen functional groups attached to an aromatic ring is 1. The molecule has 0 aliphatic carbocycles. The summed E-state index contributed by atoms with van der Waals surface area (Å²) in [5, 5.41) is 0.313. The van der Waals surface area contributed by atoms with Gasteiger partial charge in [-0.05, 0) is 42.5 Å². The van der Waals surface area contributed by atoms with Crippen molar-refractivity contribution in [3.05, 3.63) is 47.5 Å². The van der Waals surface area contributed by atoms with Gasteiger partial charge in [0.15, 0.2) is 0 Å². The second-order valence-corrected chi connectivity index (χ2v) is 6.82. The Kier molecular flexibility index (Phi) is 4.29. The van der Waals surface area contributed by atoms with Gasteiger partial charge in [-0.25, -0.2) is 8.42 Å². The van der Waals surface area contributed by atoms with Crippen molar-refractivity contribution in [2.75, 3.05) is 29.5 Å². The Labute approximate surface area is 129 Å². The van der Waals surface area contributed by atoms with Crippen LogP contribution in [0.5, 0.6) is 0 Å². The molecule has 7 heteroatoms. The topological polar surface area (TPSA) is 75.4 Å². The van der Waals surface area contributed by atoms with Crippen molar-refractivity contribution in [1.29, 1.82) is 0 Å². The van der Waals surface area contributed by atoms with Crippen LogP contribution in [0, 0.1) is 0 Å². The highest BCUT2D eigenvalue weighted by Crippen LogP contribution is 2.25. The molecule has 2 rings (SSSR count). The van der Waals surface area contributed by atoms with E-state index in [-0.39, 0.29) is 10.6 Å². The molecule has 0 aromatic heterocycles. The third kappa shape index (κ3) is 3.59. The Hall–Kier alpha value is -1.92. The molecule has 0 spiro atoms. The molecule has 0 saturated carbocycles. The molecule has 0 unspecified atom stereocenters. The van der Waals surface area contributed by atoms with Gasteiger partial charge in [0, 0.05) is 30.5 Å². The van der Waals surface area contributed by atoms with E-state index in [1.807, 2.05) is 31.1 Å². The van der Waals surface area contributed by atoms with E-state index in [2.05, 4.69) is 4.72 Å². The molecule has 21 heavy (non-hydrogen) atoms. The van der Waals surface area contributed by atoms with Crippen molar-refractivity contribution in [1.82, 2.24) is 0 Å². The molecule has 2 aromatic rings. The van der Waals surface area contributed by atoms with Crippen molar-refractivity contribution in [3.63, 3.8) is 0 Å². The Balaban J connectivity index is 2.31. The minimum Gasteiger partial charge on any atom is -0.398 e. The van der Waals surface area contributed by atoms with E-state index in [9.17, 15) is 8.42 Å². The minimum atomic E-state index is -3.77. The van der Waals surface area contributed by atoms with E-state index in [0.717, 1.165) is 5.69 Å². The van der Waals surface area contributed by atoms with Crippen LogP contribution in [0.2, 0.25) is 5.02 Å². The number of sulfonamides is 1. The van der Waals surface area contributed by atoms with Gasteiger partial charge >= 0.3 is 0 Å². The number of benzene rings is 2. The third-order valence-electron chi connectivity index (χ3n) is 2.90. The van der Waals surface area contributed by atoms with Crippen LogP contribution in [0.4, 0.5) is 17.1 Å². The second-order valence-electron chi connectivity index (χ2n) is 4.73. The molecular weight excluding hydrogens is 310 g/mol.